The minimum atomic E-state index is -0.343. The van der Waals surface area contributed by atoms with Crippen LogP contribution in [0.15, 0.2) is 0 Å². The molecule has 0 radical (unpaired) electrons. The summed E-state index contributed by atoms with van der Waals surface area (Å²) in [4.78, 5) is 22.2. The summed E-state index contributed by atoms with van der Waals surface area (Å²) < 4.78 is 0. The van der Waals surface area contributed by atoms with Gasteiger partial charge in [0.15, 0.2) is 0 Å². The molecule has 118 valence electrons. The Morgan fingerprint density at radius 2 is 1.95 bits per heavy atom. The Hall–Kier alpha value is -1.85. The maximum absolute atomic E-state index is 11.3. The van der Waals surface area contributed by atoms with Gasteiger partial charge in [-0.05, 0) is 26.7 Å². The summed E-state index contributed by atoms with van der Waals surface area (Å²) in [7, 11) is 0. The second-order valence-electron chi connectivity index (χ2n) is 5.24. The van der Waals surface area contributed by atoms with E-state index in [1.807, 2.05) is 18.7 Å². The Kier molecular flexibility index (Phi) is 6.91. The molecule has 0 bridgehead atoms. The molecule has 1 aromatic rings. The fourth-order valence-corrected chi connectivity index (χ4v) is 2.13. The van der Waals surface area contributed by atoms with Crippen molar-refractivity contribution >= 4 is 17.5 Å². The van der Waals surface area contributed by atoms with Crippen molar-refractivity contribution in [3.8, 4) is 0 Å². The Morgan fingerprint density at radius 1 is 1.24 bits per heavy atom. The molecule has 0 saturated heterocycles. The second-order valence-corrected chi connectivity index (χ2v) is 5.24. The summed E-state index contributed by atoms with van der Waals surface area (Å²) in [6.45, 7) is 9.89. The Labute approximate surface area is 127 Å². The van der Waals surface area contributed by atoms with Gasteiger partial charge in [0.1, 0.15) is 17.5 Å². The molecule has 1 heterocycles. The number of aryl methyl sites for hydroxylation is 1. The van der Waals surface area contributed by atoms with Crippen LogP contribution in [0.2, 0.25) is 0 Å². The highest BCUT2D eigenvalue weighted by atomic mass is 16.1. The highest BCUT2D eigenvalue weighted by molar-refractivity contribution is 5.79. The quantitative estimate of drug-likeness (QED) is 0.727. The molecule has 0 aliphatic carbocycles. The van der Waals surface area contributed by atoms with E-state index in [-0.39, 0.29) is 12.5 Å². The van der Waals surface area contributed by atoms with Crippen LogP contribution in [0.3, 0.4) is 0 Å². The first-order valence-electron chi connectivity index (χ1n) is 7.61. The first-order chi connectivity index (χ1) is 9.99. The Morgan fingerprint density at radius 3 is 2.52 bits per heavy atom. The smallest absolute Gasteiger partial charge is 0.236 e. The van der Waals surface area contributed by atoms with E-state index in [1.165, 1.54) is 0 Å². The number of rotatable bonds is 9. The highest BCUT2D eigenvalue weighted by Gasteiger charge is 2.17. The largest absolute Gasteiger partial charge is 0.370 e. The molecule has 3 N–H and O–H groups in total. The first-order valence-corrected chi connectivity index (χ1v) is 7.61. The lowest BCUT2D eigenvalue weighted by atomic mass is 10.2. The predicted octanol–water partition coefficient (Wildman–Crippen LogP) is 2.01. The van der Waals surface area contributed by atoms with Gasteiger partial charge >= 0.3 is 0 Å². The number of primary amides is 1. The number of hydrogen-bond acceptors (Lipinski definition) is 5. The van der Waals surface area contributed by atoms with Gasteiger partial charge in [-0.3, -0.25) is 4.79 Å². The zero-order valence-corrected chi connectivity index (χ0v) is 13.6. The average Bonchev–Trinajstić information content (AvgIpc) is 2.43. The topological polar surface area (TPSA) is 84.1 Å². The maximum Gasteiger partial charge on any atom is 0.236 e. The van der Waals surface area contributed by atoms with E-state index in [1.54, 1.807) is 0 Å². The van der Waals surface area contributed by atoms with Gasteiger partial charge in [-0.1, -0.05) is 20.3 Å². The molecule has 6 nitrogen and oxygen atoms in total. The van der Waals surface area contributed by atoms with Gasteiger partial charge in [0.25, 0.3) is 0 Å². The Bertz CT molecular complexity index is 475. The van der Waals surface area contributed by atoms with Crippen molar-refractivity contribution in [2.75, 3.05) is 29.9 Å². The molecule has 1 amide bonds. The molecular weight excluding hydrogens is 266 g/mol. The molecule has 0 saturated carbocycles. The average molecular weight is 293 g/mol. The molecule has 6 heteroatoms. The zero-order chi connectivity index (χ0) is 15.8. The number of aromatic nitrogens is 2. The molecule has 0 fully saturated rings. The van der Waals surface area contributed by atoms with E-state index in [0.29, 0.717) is 5.82 Å². The van der Waals surface area contributed by atoms with Crippen molar-refractivity contribution in [1.29, 1.82) is 0 Å². The van der Waals surface area contributed by atoms with Gasteiger partial charge in [-0.25, -0.2) is 9.97 Å². The van der Waals surface area contributed by atoms with Crippen molar-refractivity contribution in [3.63, 3.8) is 0 Å². The minimum Gasteiger partial charge on any atom is -0.370 e. The van der Waals surface area contributed by atoms with E-state index in [9.17, 15) is 4.79 Å². The standard InChI is InChI=1S/C15H27N5O/c1-5-7-9-20(10-13(16)21)15-11(3)14(17-8-6-2)18-12(4)19-15/h5-10H2,1-4H3,(H2,16,21)(H,17,18,19). The van der Waals surface area contributed by atoms with Crippen molar-refractivity contribution in [2.24, 2.45) is 5.73 Å². The van der Waals surface area contributed by atoms with E-state index in [0.717, 1.165) is 49.6 Å². The third-order valence-electron chi connectivity index (χ3n) is 3.20. The highest BCUT2D eigenvalue weighted by Crippen LogP contribution is 2.23. The predicted molar refractivity (Wildman–Crippen MR) is 86.6 cm³/mol. The SMILES string of the molecule is CCCCN(CC(N)=O)c1nc(C)nc(NCCC)c1C. The molecule has 0 atom stereocenters. The summed E-state index contributed by atoms with van der Waals surface area (Å²) in [6.07, 6.45) is 3.07. The van der Waals surface area contributed by atoms with Crippen LogP contribution < -0.4 is 16.0 Å². The molecule has 0 aromatic carbocycles. The fraction of sp³-hybridized carbons (Fsp3) is 0.667. The van der Waals surface area contributed by atoms with Crippen molar-refractivity contribution in [1.82, 2.24) is 9.97 Å². The number of unbranched alkanes of at least 4 members (excludes halogenated alkanes) is 1. The number of amides is 1. The van der Waals surface area contributed by atoms with Gasteiger partial charge in [-0.2, -0.15) is 0 Å². The van der Waals surface area contributed by atoms with E-state index >= 15 is 0 Å². The van der Waals surface area contributed by atoms with Crippen LogP contribution in [0.4, 0.5) is 11.6 Å². The molecule has 21 heavy (non-hydrogen) atoms. The lowest BCUT2D eigenvalue weighted by Crippen LogP contribution is -2.36. The van der Waals surface area contributed by atoms with E-state index < -0.39 is 0 Å². The number of nitrogens with two attached hydrogens (primary N) is 1. The van der Waals surface area contributed by atoms with E-state index in [2.05, 4.69) is 29.1 Å². The molecular formula is C15H27N5O. The molecule has 1 rings (SSSR count). The summed E-state index contributed by atoms with van der Waals surface area (Å²) in [5.41, 5.74) is 6.33. The molecule has 0 unspecified atom stereocenters. The second kappa shape index (κ2) is 8.44. The zero-order valence-electron chi connectivity index (χ0n) is 13.6. The normalized spacial score (nSPS) is 10.5. The number of carbonyl (C=O) groups excluding carboxylic acids is 1. The van der Waals surface area contributed by atoms with Gasteiger partial charge in [0.05, 0.1) is 6.54 Å². The number of anilines is 2. The van der Waals surface area contributed by atoms with Crippen LogP contribution in [0, 0.1) is 13.8 Å². The number of nitrogens with one attached hydrogen (secondary N) is 1. The summed E-state index contributed by atoms with van der Waals surface area (Å²) in [5, 5.41) is 3.31. The fourth-order valence-electron chi connectivity index (χ4n) is 2.13. The van der Waals surface area contributed by atoms with Crippen LogP contribution in [0.5, 0.6) is 0 Å². The van der Waals surface area contributed by atoms with Gasteiger partial charge in [0.2, 0.25) is 5.91 Å². The van der Waals surface area contributed by atoms with Crippen LogP contribution in [-0.2, 0) is 4.79 Å². The van der Waals surface area contributed by atoms with Crippen LogP contribution >= 0.6 is 0 Å². The van der Waals surface area contributed by atoms with Gasteiger partial charge in [0, 0.05) is 18.7 Å². The Balaban J connectivity index is 3.10. The lowest BCUT2D eigenvalue weighted by molar-refractivity contribution is -0.116. The summed E-state index contributed by atoms with van der Waals surface area (Å²) in [5.74, 6) is 1.99. The molecule has 0 aliphatic rings. The van der Waals surface area contributed by atoms with Crippen molar-refractivity contribution in [2.45, 2.75) is 47.0 Å². The molecule has 0 aliphatic heterocycles. The lowest BCUT2D eigenvalue weighted by Gasteiger charge is -2.25. The first kappa shape index (κ1) is 17.2. The third kappa shape index (κ3) is 5.21. The summed E-state index contributed by atoms with van der Waals surface area (Å²) >= 11 is 0. The van der Waals surface area contributed by atoms with Crippen molar-refractivity contribution < 1.29 is 4.79 Å². The van der Waals surface area contributed by atoms with E-state index in [4.69, 9.17) is 5.73 Å². The number of carbonyl (C=O) groups is 1. The van der Waals surface area contributed by atoms with Gasteiger partial charge in [-0.15, -0.1) is 0 Å². The van der Waals surface area contributed by atoms with Crippen LogP contribution in [0.1, 0.15) is 44.5 Å². The number of hydrogen-bond donors (Lipinski definition) is 2. The minimum absolute atomic E-state index is 0.185. The van der Waals surface area contributed by atoms with Crippen LogP contribution in [0.25, 0.3) is 0 Å². The monoisotopic (exact) mass is 293 g/mol. The molecule has 1 aromatic heterocycles. The third-order valence-corrected chi connectivity index (χ3v) is 3.20. The van der Waals surface area contributed by atoms with Crippen molar-refractivity contribution in [3.05, 3.63) is 11.4 Å². The summed E-state index contributed by atoms with van der Waals surface area (Å²) in [6, 6.07) is 0. The maximum atomic E-state index is 11.3. The van der Waals surface area contributed by atoms with Gasteiger partial charge < -0.3 is 16.0 Å². The van der Waals surface area contributed by atoms with Crippen LogP contribution in [-0.4, -0.2) is 35.5 Å². The molecule has 0 spiro atoms. The number of nitrogens with zero attached hydrogens (tertiary/aromatic N) is 3.